The van der Waals surface area contributed by atoms with Gasteiger partial charge in [-0.1, -0.05) is 23.7 Å². The third kappa shape index (κ3) is 3.11. The highest BCUT2D eigenvalue weighted by Gasteiger charge is 2.19. The van der Waals surface area contributed by atoms with Crippen LogP contribution in [0.5, 0.6) is 5.88 Å². The first kappa shape index (κ1) is 18.1. The Bertz CT molecular complexity index is 1290. The Morgan fingerprint density at radius 3 is 2.64 bits per heavy atom. The first-order chi connectivity index (χ1) is 13.5. The van der Waals surface area contributed by atoms with Gasteiger partial charge in [0.2, 0.25) is 11.7 Å². The van der Waals surface area contributed by atoms with E-state index in [1.54, 1.807) is 42.5 Å². The van der Waals surface area contributed by atoms with E-state index < -0.39 is 5.56 Å². The standard InChI is InChI=1S/C20H12ClN3O3S/c21-12-4-6-13(7-5-12)24-19(27)15(18(26)23-20(24)28)10-11-3-8-16(25)17-14(11)2-1-9-22-17/h1-10,27H,(H,23,26,28). The van der Waals surface area contributed by atoms with Crippen LogP contribution in [0, 0.1) is 4.77 Å². The van der Waals surface area contributed by atoms with Crippen molar-refractivity contribution in [3.05, 3.63) is 91.7 Å². The molecule has 138 valence electrons. The molecule has 28 heavy (non-hydrogen) atoms. The molecular weight excluding hydrogens is 398 g/mol. The second kappa shape index (κ2) is 7.03. The summed E-state index contributed by atoms with van der Waals surface area (Å²) in [6.45, 7) is 0. The summed E-state index contributed by atoms with van der Waals surface area (Å²) in [6, 6.07) is 10.1. The van der Waals surface area contributed by atoms with E-state index in [-0.39, 0.29) is 27.7 Å². The van der Waals surface area contributed by atoms with Crippen molar-refractivity contribution >= 4 is 41.3 Å². The Hall–Kier alpha value is -3.29. The molecule has 0 fully saturated rings. The van der Waals surface area contributed by atoms with Crippen LogP contribution in [0.15, 0.2) is 59.5 Å². The van der Waals surface area contributed by atoms with Crippen molar-refractivity contribution in [2.75, 3.05) is 0 Å². The molecule has 0 bridgehead atoms. The number of aromatic nitrogens is 3. The second-order valence-electron chi connectivity index (χ2n) is 6.01. The molecule has 0 radical (unpaired) electrons. The molecular formula is C20H12ClN3O3S. The maximum Gasteiger partial charge on any atom is 0.262 e. The average Bonchev–Trinajstić information content (AvgIpc) is 2.68. The van der Waals surface area contributed by atoms with Gasteiger partial charge in [0.1, 0.15) is 11.3 Å². The Balaban J connectivity index is 1.94. The molecule has 1 aliphatic carbocycles. The van der Waals surface area contributed by atoms with Crippen molar-refractivity contribution in [2.24, 2.45) is 0 Å². The normalized spacial score (nSPS) is 14.3. The van der Waals surface area contributed by atoms with E-state index in [9.17, 15) is 14.7 Å². The van der Waals surface area contributed by atoms with E-state index >= 15 is 0 Å². The summed E-state index contributed by atoms with van der Waals surface area (Å²) in [5.41, 5.74) is 1.44. The van der Waals surface area contributed by atoms with E-state index in [1.807, 2.05) is 0 Å². The Morgan fingerprint density at radius 2 is 1.89 bits per heavy atom. The zero-order chi connectivity index (χ0) is 19.8. The number of fused-ring (bicyclic) bond motifs is 1. The maximum atomic E-state index is 12.5. The smallest absolute Gasteiger partial charge is 0.262 e. The molecule has 8 heteroatoms. The zero-order valence-corrected chi connectivity index (χ0v) is 15.8. The molecule has 4 rings (SSSR count). The van der Waals surface area contributed by atoms with Crippen LogP contribution in [-0.4, -0.2) is 25.4 Å². The third-order valence-corrected chi connectivity index (χ3v) is 4.81. The molecule has 0 saturated carbocycles. The topological polar surface area (TPSA) is 88.0 Å². The summed E-state index contributed by atoms with van der Waals surface area (Å²) in [7, 11) is 0. The number of nitrogens with one attached hydrogen (secondary N) is 1. The number of aromatic hydroxyl groups is 1. The largest absolute Gasteiger partial charge is 0.494 e. The minimum Gasteiger partial charge on any atom is -0.494 e. The SMILES string of the molecule is O=C1C=CC(=Cc2c(O)n(-c3ccc(Cl)cc3)c(=S)[nH]c2=O)c2cccnc21. The Kier molecular flexibility index (Phi) is 4.54. The molecule has 2 heterocycles. The molecule has 6 nitrogen and oxygen atoms in total. The highest BCUT2D eigenvalue weighted by atomic mass is 35.5. The lowest BCUT2D eigenvalue weighted by atomic mass is 9.94. The lowest BCUT2D eigenvalue weighted by Crippen LogP contribution is -2.16. The van der Waals surface area contributed by atoms with Gasteiger partial charge in [0.25, 0.3) is 5.56 Å². The molecule has 1 aliphatic rings. The quantitative estimate of drug-likeness (QED) is 0.626. The number of halogens is 1. The third-order valence-electron chi connectivity index (χ3n) is 4.27. The van der Waals surface area contributed by atoms with Gasteiger partial charge in [0.15, 0.2) is 4.77 Å². The average molecular weight is 410 g/mol. The minimum atomic E-state index is -0.545. The minimum absolute atomic E-state index is 0.00681. The molecule has 0 spiro atoms. The molecule has 0 amide bonds. The summed E-state index contributed by atoms with van der Waals surface area (Å²) in [4.78, 5) is 31.1. The van der Waals surface area contributed by atoms with Crippen molar-refractivity contribution in [1.29, 1.82) is 0 Å². The van der Waals surface area contributed by atoms with Gasteiger partial charge in [0.05, 0.1) is 5.69 Å². The Morgan fingerprint density at radius 1 is 1.14 bits per heavy atom. The van der Waals surface area contributed by atoms with Gasteiger partial charge in [-0.15, -0.1) is 0 Å². The summed E-state index contributed by atoms with van der Waals surface area (Å²) in [5, 5.41) is 11.3. The highest BCUT2D eigenvalue weighted by Crippen LogP contribution is 2.29. The molecule has 2 aromatic heterocycles. The number of ketones is 1. The summed E-state index contributed by atoms with van der Waals surface area (Å²) >= 11 is 11.1. The van der Waals surface area contributed by atoms with Crippen LogP contribution in [0.4, 0.5) is 0 Å². The van der Waals surface area contributed by atoms with E-state index in [0.29, 0.717) is 21.8 Å². The lowest BCUT2D eigenvalue weighted by Gasteiger charge is -2.14. The fraction of sp³-hybridized carbons (Fsp3) is 0. The summed E-state index contributed by atoms with van der Waals surface area (Å²) in [5.74, 6) is -0.540. The lowest BCUT2D eigenvalue weighted by molar-refractivity contribution is 0.104. The van der Waals surface area contributed by atoms with E-state index in [4.69, 9.17) is 23.8 Å². The van der Waals surface area contributed by atoms with Crippen LogP contribution in [0.25, 0.3) is 17.3 Å². The van der Waals surface area contributed by atoms with Crippen LogP contribution in [0.1, 0.15) is 21.6 Å². The molecule has 3 aromatic rings. The Labute approximate surface area is 169 Å². The fourth-order valence-corrected chi connectivity index (χ4v) is 3.36. The maximum absolute atomic E-state index is 12.5. The fourth-order valence-electron chi connectivity index (χ4n) is 2.95. The number of hydrogen-bond acceptors (Lipinski definition) is 5. The van der Waals surface area contributed by atoms with Crippen LogP contribution < -0.4 is 5.56 Å². The monoisotopic (exact) mass is 409 g/mol. The van der Waals surface area contributed by atoms with Gasteiger partial charge < -0.3 is 5.11 Å². The number of carbonyl (C=O) groups is 1. The number of H-pyrrole nitrogens is 1. The van der Waals surface area contributed by atoms with Crippen LogP contribution in [-0.2, 0) is 0 Å². The van der Waals surface area contributed by atoms with Crippen LogP contribution >= 0.6 is 23.8 Å². The first-order valence-corrected chi connectivity index (χ1v) is 8.98. The molecule has 0 unspecified atom stereocenters. The van der Waals surface area contributed by atoms with Gasteiger partial charge >= 0.3 is 0 Å². The number of allylic oxidation sites excluding steroid dienone is 3. The van der Waals surface area contributed by atoms with E-state index in [1.165, 1.54) is 22.9 Å². The molecule has 0 atom stereocenters. The molecule has 0 aliphatic heterocycles. The van der Waals surface area contributed by atoms with Crippen molar-refractivity contribution in [1.82, 2.24) is 14.5 Å². The van der Waals surface area contributed by atoms with Crippen molar-refractivity contribution in [2.45, 2.75) is 0 Å². The highest BCUT2D eigenvalue weighted by molar-refractivity contribution is 7.71. The number of aromatic amines is 1. The van der Waals surface area contributed by atoms with E-state index in [2.05, 4.69) is 9.97 Å². The van der Waals surface area contributed by atoms with Gasteiger partial charge in [0, 0.05) is 16.8 Å². The molecule has 1 aromatic carbocycles. The van der Waals surface area contributed by atoms with Gasteiger partial charge in [-0.25, -0.2) is 0 Å². The van der Waals surface area contributed by atoms with Crippen molar-refractivity contribution in [3.63, 3.8) is 0 Å². The number of hydrogen-bond donors (Lipinski definition) is 2. The zero-order valence-electron chi connectivity index (χ0n) is 14.2. The van der Waals surface area contributed by atoms with Gasteiger partial charge in [-0.2, -0.15) is 0 Å². The van der Waals surface area contributed by atoms with E-state index in [0.717, 1.165) is 0 Å². The van der Waals surface area contributed by atoms with Crippen molar-refractivity contribution in [3.8, 4) is 11.6 Å². The number of carbonyl (C=O) groups excluding carboxylic acids is 1. The van der Waals surface area contributed by atoms with Crippen molar-refractivity contribution < 1.29 is 9.90 Å². The predicted molar refractivity (Wildman–Crippen MR) is 109 cm³/mol. The van der Waals surface area contributed by atoms with Gasteiger partial charge in [-0.05, 0) is 60.3 Å². The number of pyridine rings is 1. The van der Waals surface area contributed by atoms with Crippen LogP contribution in [0.3, 0.4) is 0 Å². The van der Waals surface area contributed by atoms with Gasteiger partial charge in [-0.3, -0.25) is 24.1 Å². The number of nitrogens with zero attached hydrogens (tertiary/aromatic N) is 2. The van der Waals surface area contributed by atoms with Crippen LogP contribution in [0.2, 0.25) is 5.02 Å². The summed E-state index contributed by atoms with van der Waals surface area (Å²) in [6.07, 6.45) is 5.98. The predicted octanol–water partition coefficient (Wildman–Crippen LogP) is 3.94. The molecule has 0 saturated heterocycles. The summed E-state index contributed by atoms with van der Waals surface area (Å²) < 4.78 is 1.38. The number of rotatable bonds is 2. The molecule has 2 N–H and O–H groups in total. The number of benzene rings is 1. The second-order valence-corrected chi connectivity index (χ2v) is 6.83. The first-order valence-electron chi connectivity index (χ1n) is 8.19.